The summed E-state index contributed by atoms with van der Waals surface area (Å²) in [5, 5.41) is 12.9. The average molecular weight is 227 g/mol. The lowest BCUT2D eigenvalue weighted by Gasteiger charge is -2.29. The van der Waals surface area contributed by atoms with Crippen LogP contribution in [0.4, 0.5) is 0 Å². The summed E-state index contributed by atoms with van der Waals surface area (Å²) in [7, 11) is 0. The second-order valence-corrected chi connectivity index (χ2v) is 5.73. The largest absolute Gasteiger partial charge is 0.396 e. The quantitative estimate of drug-likeness (QED) is 0.656. The molecule has 1 aliphatic rings. The number of hydrogen-bond acceptors (Lipinski definition) is 2. The van der Waals surface area contributed by atoms with E-state index < -0.39 is 0 Å². The molecule has 1 rings (SSSR count). The van der Waals surface area contributed by atoms with Gasteiger partial charge in [-0.25, -0.2) is 0 Å². The van der Waals surface area contributed by atoms with E-state index in [0.717, 1.165) is 31.3 Å². The second-order valence-electron chi connectivity index (χ2n) is 5.73. The minimum atomic E-state index is 0.383. The summed E-state index contributed by atoms with van der Waals surface area (Å²) in [6.45, 7) is 7.02. The highest BCUT2D eigenvalue weighted by molar-refractivity contribution is 4.74. The minimum absolute atomic E-state index is 0.383. The number of aliphatic hydroxyl groups excluding tert-OH is 1. The summed E-state index contributed by atoms with van der Waals surface area (Å²) in [4.78, 5) is 0. The van der Waals surface area contributed by atoms with Crippen LogP contribution in [-0.4, -0.2) is 24.8 Å². The van der Waals surface area contributed by atoms with Crippen LogP contribution in [0.1, 0.15) is 52.4 Å². The highest BCUT2D eigenvalue weighted by atomic mass is 16.3. The standard InChI is InChI=1S/C14H29NO/c1-12(2)10-15-9-8-14(11-16)13-6-4-3-5-7-13/h12-16H,3-11H2,1-2H3. The van der Waals surface area contributed by atoms with Gasteiger partial charge in [-0.1, -0.05) is 46.0 Å². The molecule has 0 amide bonds. The van der Waals surface area contributed by atoms with Crippen LogP contribution in [0.2, 0.25) is 0 Å². The first-order chi connectivity index (χ1) is 7.74. The van der Waals surface area contributed by atoms with Crippen molar-refractivity contribution in [1.82, 2.24) is 5.32 Å². The van der Waals surface area contributed by atoms with E-state index in [9.17, 15) is 5.11 Å². The predicted molar refractivity (Wildman–Crippen MR) is 69.5 cm³/mol. The number of hydrogen-bond donors (Lipinski definition) is 2. The zero-order valence-electron chi connectivity index (χ0n) is 11.0. The van der Waals surface area contributed by atoms with Gasteiger partial charge in [0.2, 0.25) is 0 Å². The molecule has 0 spiro atoms. The molecule has 0 heterocycles. The maximum atomic E-state index is 9.46. The fourth-order valence-electron chi connectivity index (χ4n) is 2.76. The minimum Gasteiger partial charge on any atom is -0.396 e. The molecule has 0 saturated heterocycles. The van der Waals surface area contributed by atoms with Crippen molar-refractivity contribution in [2.45, 2.75) is 52.4 Å². The Morgan fingerprint density at radius 2 is 1.88 bits per heavy atom. The van der Waals surface area contributed by atoms with Crippen molar-refractivity contribution in [3.05, 3.63) is 0 Å². The van der Waals surface area contributed by atoms with Crippen molar-refractivity contribution in [3.63, 3.8) is 0 Å². The lowest BCUT2D eigenvalue weighted by molar-refractivity contribution is 0.139. The smallest absolute Gasteiger partial charge is 0.0462 e. The van der Waals surface area contributed by atoms with Gasteiger partial charge >= 0.3 is 0 Å². The average Bonchev–Trinajstić information content (AvgIpc) is 2.30. The van der Waals surface area contributed by atoms with Crippen molar-refractivity contribution < 1.29 is 5.11 Å². The Morgan fingerprint density at radius 1 is 1.19 bits per heavy atom. The Balaban J connectivity index is 2.15. The molecule has 0 radical (unpaired) electrons. The predicted octanol–water partition coefficient (Wildman–Crippen LogP) is 2.81. The molecule has 16 heavy (non-hydrogen) atoms. The molecule has 0 bridgehead atoms. The number of aliphatic hydroxyl groups is 1. The van der Waals surface area contributed by atoms with E-state index in [4.69, 9.17) is 0 Å². The first kappa shape index (κ1) is 14.0. The summed E-state index contributed by atoms with van der Waals surface area (Å²) in [6.07, 6.45) is 7.99. The molecule has 1 atom stereocenters. The van der Waals surface area contributed by atoms with Crippen molar-refractivity contribution >= 4 is 0 Å². The first-order valence-corrected chi connectivity index (χ1v) is 7.05. The third kappa shape index (κ3) is 5.31. The van der Waals surface area contributed by atoms with E-state index >= 15 is 0 Å². The van der Waals surface area contributed by atoms with Crippen LogP contribution in [0.3, 0.4) is 0 Å². The fraction of sp³-hybridized carbons (Fsp3) is 1.00. The Morgan fingerprint density at radius 3 is 2.44 bits per heavy atom. The zero-order chi connectivity index (χ0) is 11.8. The molecule has 2 heteroatoms. The Bertz CT molecular complexity index is 164. The summed E-state index contributed by atoms with van der Waals surface area (Å²) in [5.41, 5.74) is 0. The van der Waals surface area contributed by atoms with Gasteiger partial charge in [0.05, 0.1) is 0 Å². The van der Waals surface area contributed by atoms with Crippen molar-refractivity contribution in [2.75, 3.05) is 19.7 Å². The van der Waals surface area contributed by atoms with Crippen LogP contribution in [0.25, 0.3) is 0 Å². The van der Waals surface area contributed by atoms with E-state index in [0.29, 0.717) is 12.5 Å². The van der Waals surface area contributed by atoms with Crippen LogP contribution < -0.4 is 5.32 Å². The van der Waals surface area contributed by atoms with Crippen molar-refractivity contribution in [1.29, 1.82) is 0 Å². The van der Waals surface area contributed by atoms with Crippen LogP contribution in [0.15, 0.2) is 0 Å². The van der Waals surface area contributed by atoms with Gasteiger partial charge in [0.15, 0.2) is 0 Å². The fourth-order valence-corrected chi connectivity index (χ4v) is 2.76. The molecular weight excluding hydrogens is 198 g/mol. The van der Waals surface area contributed by atoms with Crippen LogP contribution in [-0.2, 0) is 0 Å². The molecule has 1 unspecified atom stereocenters. The molecule has 2 nitrogen and oxygen atoms in total. The summed E-state index contributed by atoms with van der Waals surface area (Å²) >= 11 is 0. The van der Waals surface area contributed by atoms with Gasteiger partial charge in [0, 0.05) is 6.61 Å². The van der Waals surface area contributed by atoms with Gasteiger partial charge in [0.25, 0.3) is 0 Å². The van der Waals surface area contributed by atoms with Gasteiger partial charge in [0.1, 0.15) is 0 Å². The summed E-state index contributed by atoms with van der Waals surface area (Å²) in [5.74, 6) is 2.06. The second kappa shape index (κ2) is 8.08. The van der Waals surface area contributed by atoms with Gasteiger partial charge in [-0.3, -0.25) is 0 Å². The van der Waals surface area contributed by atoms with E-state index in [1.54, 1.807) is 0 Å². The Labute approximate surface area is 101 Å². The lowest BCUT2D eigenvalue weighted by Crippen LogP contribution is -2.27. The monoisotopic (exact) mass is 227 g/mol. The molecule has 0 aromatic carbocycles. The van der Waals surface area contributed by atoms with Crippen LogP contribution in [0.5, 0.6) is 0 Å². The third-order valence-corrected chi connectivity index (χ3v) is 3.80. The lowest BCUT2D eigenvalue weighted by atomic mass is 9.79. The molecular formula is C14H29NO. The third-order valence-electron chi connectivity index (χ3n) is 3.80. The maximum Gasteiger partial charge on any atom is 0.0462 e. The van der Waals surface area contributed by atoms with E-state index in [1.165, 1.54) is 32.1 Å². The molecule has 0 aromatic rings. The van der Waals surface area contributed by atoms with E-state index in [-0.39, 0.29) is 0 Å². The topological polar surface area (TPSA) is 32.3 Å². The molecule has 1 fully saturated rings. The molecule has 0 aromatic heterocycles. The van der Waals surface area contributed by atoms with E-state index in [2.05, 4.69) is 19.2 Å². The zero-order valence-corrected chi connectivity index (χ0v) is 11.0. The Hall–Kier alpha value is -0.0800. The summed E-state index contributed by atoms with van der Waals surface area (Å²) < 4.78 is 0. The van der Waals surface area contributed by atoms with E-state index in [1.807, 2.05) is 0 Å². The highest BCUT2D eigenvalue weighted by Gasteiger charge is 2.22. The highest BCUT2D eigenvalue weighted by Crippen LogP contribution is 2.31. The maximum absolute atomic E-state index is 9.46. The molecule has 1 saturated carbocycles. The number of rotatable bonds is 7. The van der Waals surface area contributed by atoms with Crippen LogP contribution >= 0.6 is 0 Å². The molecule has 96 valence electrons. The van der Waals surface area contributed by atoms with Gasteiger partial charge < -0.3 is 10.4 Å². The van der Waals surface area contributed by atoms with Crippen molar-refractivity contribution in [3.8, 4) is 0 Å². The normalized spacial score (nSPS) is 20.2. The van der Waals surface area contributed by atoms with Gasteiger partial charge in [-0.2, -0.15) is 0 Å². The van der Waals surface area contributed by atoms with Crippen LogP contribution in [0, 0.1) is 17.8 Å². The summed E-state index contributed by atoms with van der Waals surface area (Å²) in [6, 6.07) is 0. The van der Waals surface area contributed by atoms with Gasteiger partial charge in [-0.15, -0.1) is 0 Å². The molecule has 1 aliphatic carbocycles. The molecule has 2 N–H and O–H groups in total. The van der Waals surface area contributed by atoms with Gasteiger partial charge in [-0.05, 0) is 37.3 Å². The Kier molecular flexibility index (Phi) is 7.06. The number of nitrogens with one attached hydrogen (secondary N) is 1. The first-order valence-electron chi connectivity index (χ1n) is 7.05. The molecule has 0 aliphatic heterocycles. The SMILES string of the molecule is CC(C)CNCCC(CO)C1CCCCC1. The van der Waals surface area contributed by atoms with Crippen molar-refractivity contribution in [2.24, 2.45) is 17.8 Å².